The molecule has 0 saturated heterocycles. The highest BCUT2D eigenvalue weighted by atomic mass is 15.3. The Labute approximate surface area is 250 Å². The third-order valence-corrected chi connectivity index (χ3v) is 9.63. The number of nitrogens with zero attached hydrogens (tertiary/aromatic N) is 1. The molecule has 0 aromatic heterocycles. The van der Waals surface area contributed by atoms with Crippen LogP contribution in [0, 0.1) is 0 Å². The van der Waals surface area contributed by atoms with Gasteiger partial charge in [0.25, 0.3) is 0 Å². The molecular formula is C38H80N+. The molecule has 0 aliphatic carbocycles. The maximum Gasteiger partial charge on any atom is 0.0786 e. The Bertz CT molecular complexity index is 371. The van der Waals surface area contributed by atoms with Crippen LogP contribution in [0.25, 0.3) is 0 Å². The van der Waals surface area contributed by atoms with Crippen molar-refractivity contribution in [3.05, 3.63) is 0 Å². The highest BCUT2D eigenvalue weighted by Crippen LogP contribution is 2.19. The molecule has 0 aliphatic heterocycles. The van der Waals surface area contributed by atoms with Gasteiger partial charge >= 0.3 is 0 Å². The third-order valence-electron chi connectivity index (χ3n) is 9.63. The summed E-state index contributed by atoms with van der Waals surface area (Å²) in [6.07, 6.45) is 43.8. The van der Waals surface area contributed by atoms with Crippen molar-refractivity contribution in [1.29, 1.82) is 0 Å². The monoisotopic (exact) mass is 551 g/mol. The fourth-order valence-electron chi connectivity index (χ4n) is 6.61. The molecule has 1 nitrogen and oxygen atoms in total. The second-order valence-corrected chi connectivity index (χ2v) is 13.4. The van der Waals surface area contributed by atoms with E-state index in [1.54, 1.807) is 0 Å². The Hall–Kier alpha value is -0.0400. The van der Waals surface area contributed by atoms with Crippen molar-refractivity contribution in [2.24, 2.45) is 0 Å². The zero-order valence-corrected chi connectivity index (χ0v) is 28.5. The molecule has 0 spiro atoms. The molecule has 0 N–H and O–H groups in total. The third kappa shape index (κ3) is 27.9. The van der Waals surface area contributed by atoms with E-state index in [9.17, 15) is 0 Å². The summed E-state index contributed by atoms with van der Waals surface area (Å²) in [6, 6.07) is 0. The van der Waals surface area contributed by atoms with Crippen molar-refractivity contribution in [2.75, 3.05) is 26.2 Å². The van der Waals surface area contributed by atoms with Crippen molar-refractivity contribution in [2.45, 2.75) is 220 Å². The summed E-state index contributed by atoms with van der Waals surface area (Å²) in [6.45, 7) is 15.2. The molecule has 0 aromatic rings. The van der Waals surface area contributed by atoms with E-state index in [4.69, 9.17) is 0 Å². The van der Waals surface area contributed by atoms with E-state index in [0.29, 0.717) is 0 Å². The first-order valence-corrected chi connectivity index (χ1v) is 19.1. The van der Waals surface area contributed by atoms with E-state index >= 15 is 0 Å². The number of quaternary nitrogens is 1. The lowest BCUT2D eigenvalue weighted by Crippen LogP contribution is -2.50. The van der Waals surface area contributed by atoms with Crippen LogP contribution in [0.1, 0.15) is 220 Å². The Morgan fingerprint density at radius 2 is 0.410 bits per heavy atom. The molecule has 0 fully saturated rings. The smallest absolute Gasteiger partial charge is 0.0786 e. The van der Waals surface area contributed by atoms with Crippen molar-refractivity contribution in [3.63, 3.8) is 0 Å². The van der Waals surface area contributed by atoms with Crippen LogP contribution in [0.5, 0.6) is 0 Å². The summed E-state index contributed by atoms with van der Waals surface area (Å²) >= 11 is 0. The largest absolute Gasteiger partial charge is 0.324 e. The van der Waals surface area contributed by atoms with E-state index in [1.165, 1.54) is 223 Å². The average molecular weight is 551 g/mol. The quantitative estimate of drug-likeness (QED) is 0.0552. The molecule has 0 rings (SSSR count). The van der Waals surface area contributed by atoms with Crippen molar-refractivity contribution in [1.82, 2.24) is 0 Å². The zero-order chi connectivity index (χ0) is 28.5. The first kappa shape index (κ1) is 39.0. The van der Waals surface area contributed by atoms with Gasteiger partial charge in [-0.1, -0.05) is 175 Å². The molecule has 0 heterocycles. The summed E-state index contributed by atoms with van der Waals surface area (Å²) in [5.74, 6) is 0. The van der Waals surface area contributed by atoms with Crippen LogP contribution in [0.4, 0.5) is 0 Å². The fraction of sp³-hybridized carbons (Fsp3) is 1.00. The number of hydrogen-bond acceptors (Lipinski definition) is 0. The van der Waals surface area contributed by atoms with Gasteiger partial charge in [-0.3, -0.25) is 0 Å². The summed E-state index contributed by atoms with van der Waals surface area (Å²) in [7, 11) is 0. The van der Waals surface area contributed by atoms with Crippen molar-refractivity contribution >= 4 is 0 Å². The minimum atomic E-state index is 1.37. The van der Waals surface area contributed by atoms with Gasteiger partial charge in [0, 0.05) is 0 Å². The zero-order valence-electron chi connectivity index (χ0n) is 28.5. The van der Waals surface area contributed by atoms with Crippen LogP contribution in [0.2, 0.25) is 0 Å². The Kier molecular flexibility index (Phi) is 32.4. The number of unbranched alkanes of at least 4 members (excludes halogenated alkanes) is 27. The van der Waals surface area contributed by atoms with E-state index < -0.39 is 0 Å². The van der Waals surface area contributed by atoms with Gasteiger partial charge < -0.3 is 4.48 Å². The van der Waals surface area contributed by atoms with E-state index in [2.05, 4.69) is 27.7 Å². The summed E-state index contributed by atoms with van der Waals surface area (Å²) in [4.78, 5) is 0. The SMILES string of the molecule is CCCCCCCCCCCC[N+](CC)(CCCCCCCCCCCC)CCCCCCCCCCCC. The Morgan fingerprint density at radius 1 is 0.231 bits per heavy atom. The molecule has 0 amide bonds. The molecule has 0 aromatic carbocycles. The fourth-order valence-corrected chi connectivity index (χ4v) is 6.61. The predicted molar refractivity (Wildman–Crippen MR) is 181 cm³/mol. The van der Waals surface area contributed by atoms with Crippen LogP contribution in [0.15, 0.2) is 0 Å². The molecule has 0 saturated carbocycles. The van der Waals surface area contributed by atoms with Gasteiger partial charge in [-0.25, -0.2) is 0 Å². The number of rotatable bonds is 34. The minimum Gasteiger partial charge on any atom is -0.324 e. The standard InChI is InChI=1S/C38H80N/c1-5-9-12-15-18-21-24-27-30-33-36-39(8-4,37-34-31-28-25-22-19-16-13-10-6-2)38-35-32-29-26-23-20-17-14-11-7-3/h5-38H2,1-4H3/q+1. The second-order valence-electron chi connectivity index (χ2n) is 13.4. The van der Waals surface area contributed by atoms with Crippen LogP contribution in [-0.2, 0) is 0 Å². The predicted octanol–water partition coefficient (Wildman–Crippen LogP) is 13.6. The average Bonchev–Trinajstić information content (AvgIpc) is 2.95. The molecule has 0 radical (unpaired) electrons. The lowest BCUT2D eigenvalue weighted by molar-refractivity contribution is -0.927. The molecule has 1 heteroatoms. The maximum absolute atomic E-state index is 2.50. The van der Waals surface area contributed by atoms with E-state index in [-0.39, 0.29) is 0 Å². The molecule has 39 heavy (non-hydrogen) atoms. The van der Waals surface area contributed by atoms with Gasteiger partial charge in [0.15, 0.2) is 0 Å². The van der Waals surface area contributed by atoms with Gasteiger partial charge in [0.2, 0.25) is 0 Å². The molecular weight excluding hydrogens is 470 g/mol. The molecule has 0 aliphatic rings. The normalized spacial score (nSPS) is 12.0. The molecule has 0 bridgehead atoms. The minimum absolute atomic E-state index is 1.37. The van der Waals surface area contributed by atoms with Crippen LogP contribution < -0.4 is 0 Å². The molecule has 0 atom stereocenters. The van der Waals surface area contributed by atoms with Gasteiger partial charge in [-0.15, -0.1) is 0 Å². The lowest BCUT2D eigenvalue weighted by atomic mass is 10.0. The van der Waals surface area contributed by atoms with Crippen LogP contribution in [-0.4, -0.2) is 30.7 Å². The molecule has 236 valence electrons. The first-order valence-electron chi connectivity index (χ1n) is 19.1. The van der Waals surface area contributed by atoms with Gasteiger partial charge in [-0.05, 0) is 45.4 Å². The summed E-state index contributed by atoms with van der Waals surface area (Å²) in [5, 5.41) is 0. The van der Waals surface area contributed by atoms with Crippen LogP contribution in [0.3, 0.4) is 0 Å². The van der Waals surface area contributed by atoms with Gasteiger partial charge in [0.05, 0.1) is 26.2 Å². The number of hydrogen-bond donors (Lipinski definition) is 0. The van der Waals surface area contributed by atoms with E-state index in [1.807, 2.05) is 0 Å². The highest BCUT2D eigenvalue weighted by molar-refractivity contribution is 4.54. The van der Waals surface area contributed by atoms with Crippen LogP contribution >= 0.6 is 0 Å². The summed E-state index contributed by atoms with van der Waals surface area (Å²) in [5.41, 5.74) is 0. The van der Waals surface area contributed by atoms with Gasteiger partial charge in [-0.2, -0.15) is 0 Å². The van der Waals surface area contributed by atoms with Gasteiger partial charge in [0.1, 0.15) is 0 Å². The lowest BCUT2D eigenvalue weighted by Gasteiger charge is -2.38. The van der Waals surface area contributed by atoms with E-state index in [0.717, 1.165) is 0 Å². The topological polar surface area (TPSA) is 0 Å². The summed E-state index contributed by atoms with van der Waals surface area (Å²) < 4.78 is 1.44. The van der Waals surface area contributed by atoms with Crippen molar-refractivity contribution < 1.29 is 4.48 Å². The van der Waals surface area contributed by atoms with Crippen molar-refractivity contribution in [3.8, 4) is 0 Å². The maximum atomic E-state index is 2.50. The highest BCUT2D eigenvalue weighted by Gasteiger charge is 2.23. The molecule has 0 unspecified atom stereocenters. The Balaban J connectivity index is 4.22. The Morgan fingerprint density at radius 3 is 0.590 bits per heavy atom. The second kappa shape index (κ2) is 32.5. The first-order chi connectivity index (χ1) is 19.2.